The number of hydrogen-bond donors (Lipinski definition) is 2. The van der Waals surface area contributed by atoms with Gasteiger partial charge in [-0.1, -0.05) is 39.0 Å². The number of anilines is 1. The molecule has 2 fully saturated rings. The standard InChI is InChI=1S/C34H36F2N4O3.H3N/c1-20(21-10-11-21)39-31(41)26-18-38-28(17-37)29(22-14-23(35)16-24(36)15-22)30(26)40-13-12-34(5,19-40)43-32(42)25-8-6-7-9-27(25)33(2,3)4;/h6-9,14-16,18,20-21H,10-13,19H2,1-5H3,(H,39,41);1H3/t20-,34?;/m0./s1. The molecule has 4 N–H and O–H groups in total. The number of aromatic nitrogens is 1. The number of nitrogens with zero attached hydrogens (tertiary/aromatic N) is 3. The van der Waals surface area contributed by atoms with Crippen molar-refractivity contribution in [2.75, 3.05) is 18.0 Å². The van der Waals surface area contributed by atoms with Crippen LogP contribution < -0.4 is 16.4 Å². The van der Waals surface area contributed by atoms with Crippen LogP contribution in [0.3, 0.4) is 0 Å². The molecular formula is C34H39F2N5O3. The fourth-order valence-electron chi connectivity index (χ4n) is 5.85. The van der Waals surface area contributed by atoms with Crippen LogP contribution in [-0.2, 0) is 10.2 Å². The van der Waals surface area contributed by atoms with Gasteiger partial charge in [0.05, 0.1) is 23.4 Å². The summed E-state index contributed by atoms with van der Waals surface area (Å²) in [5.41, 5.74) is 0.798. The van der Waals surface area contributed by atoms with E-state index in [9.17, 15) is 23.6 Å². The van der Waals surface area contributed by atoms with Crippen molar-refractivity contribution in [2.24, 2.45) is 5.92 Å². The number of pyridine rings is 1. The van der Waals surface area contributed by atoms with Crippen molar-refractivity contribution in [3.63, 3.8) is 0 Å². The Morgan fingerprint density at radius 1 is 1.14 bits per heavy atom. The number of nitriles is 1. The molecule has 3 aromatic rings. The highest BCUT2D eigenvalue weighted by atomic mass is 19.1. The zero-order valence-electron chi connectivity index (χ0n) is 25.8. The average Bonchev–Trinajstić information content (AvgIpc) is 3.73. The fourth-order valence-corrected chi connectivity index (χ4v) is 5.85. The van der Waals surface area contributed by atoms with Gasteiger partial charge in [0.1, 0.15) is 29.0 Å². The van der Waals surface area contributed by atoms with Crippen molar-refractivity contribution in [1.29, 1.82) is 5.26 Å². The second kappa shape index (κ2) is 12.3. The maximum absolute atomic E-state index is 14.4. The second-order valence-electron chi connectivity index (χ2n) is 12.9. The molecule has 2 aromatic carbocycles. The SMILES string of the molecule is C[C@H](NC(=O)c1cnc(C#N)c(-c2cc(F)cc(F)c2)c1N1CCC(C)(OC(=O)c2ccccc2C(C)(C)C)C1)C1CC1.N. The number of halogens is 2. The lowest BCUT2D eigenvalue weighted by molar-refractivity contribution is 0.000220. The third-order valence-corrected chi connectivity index (χ3v) is 8.29. The van der Waals surface area contributed by atoms with Gasteiger partial charge in [-0.2, -0.15) is 5.26 Å². The highest BCUT2D eigenvalue weighted by Gasteiger charge is 2.41. The Hall–Kier alpha value is -4.36. The van der Waals surface area contributed by atoms with Gasteiger partial charge in [0.2, 0.25) is 0 Å². The molecule has 10 heteroatoms. The van der Waals surface area contributed by atoms with Gasteiger partial charge in [0.15, 0.2) is 0 Å². The highest BCUT2D eigenvalue weighted by molar-refractivity contribution is 6.04. The van der Waals surface area contributed by atoms with Crippen LogP contribution in [0.15, 0.2) is 48.7 Å². The number of hydrogen-bond acceptors (Lipinski definition) is 7. The van der Waals surface area contributed by atoms with Crippen molar-refractivity contribution in [1.82, 2.24) is 16.5 Å². The summed E-state index contributed by atoms with van der Waals surface area (Å²) in [5, 5.41) is 13.0. The summed E-state index contributed by atoms with van der Waals surface area (Å²) in [6.07, 6.45) is 3.82. The third-order valence-electron chi connectivity index (χ3n) is 8.29. The molecule has 232 valence electrons. The summed E-state index contributed by atoms with van der Waals surface area (Å²) < 4.78 is 35.0. The van der Waals surface area contributed by atoms with Gasteiger partial charge in [-0.3, -0.25) is 4.79 Å². The summed E-state index contributed by atoms with van der Waals surface area (Å²) >= 11 is 0. The summed E-state index contributed by atoms with van der Waals surface area (Å²) in [6.45, 7) is 10.4. The molecule has 44 heavy (non-hydrogen) atoms. The lowest BCUT2D eigenvalue weighted by Crippen LogP contribution is -2.38. The Bertz CT molecular complexity index is 1610. The minimum Gasteiger partial charge on any atom is -0.454 e. The maximum Gasteiger partial charge on any atom is 0.339 e. The zero-order chi connectivity index (χ0) is 31.1. The van der Waals surface area contributed by atoms with Crippen LogP contribution in [0.2, 0.25) is 0 Å². The number of benzene rings is 2. The van der Waals surface area contributed by atoms with Gasteiger partial charge in [-0.25, -0.2) is 18.6 Å². The lowest BCUT2D eigenvalue weighted by Gasteiger charge is -2.29. The predicted molar refractivity (Wildman–Crippen MR) is 165 cm³/mol. The van der Waals surface area contributed by atoms with Gasteiger partial charge >= 0.3 is 5.97 Å². The van der Waals surface area contributed by atoms with E-state index in [0.717, 1.165) is 36.6 Å². The molecule has 1 unspecified atom stereocenters. The molecule has 0 radical (unpaired) electrons. The van der Waals surface area contributed by atoms with Gasteiger partial charge in [0, 0.05) is 36.8 Å². The van der Waals surface area contributed by atoms with E-state index in [0.29, 0.717) is 30.1 Å². The summed E-state index contributed by atoms with van der Waals surface area (Å²) in [5.74, 6) is -2.10. The van der Waals surface area contributed by atoms with Crippen LogP contribution in [-0.4, -0.2) is 41.6 Å². The number of nitrogens with one attached hydrogen (secondary N) is 1. The Morgan fingerprint density at radius 3 is 2.41 bits per heavy atom. The quantitative estimate of drug-likeness (QED) is 0.287. The highest BCUT2D eigenvalue weighted by Crippen LogP contribution is 2.41. The van der Waals surface area contributed by atoms with E-state index in [2.05, 4.69) is 10.3 Å². The van der Waals surface area contributed by atoms with Crippen LogP contribution in [0.5, 0.6) is 0 Å². The molecule has 1 saturated heterocycles. The first-order valence-electron chi connectivity index (χ1n) is 14.6. The molecule has 1 aromatic heterocycles. The van der Waals surface area contributed by atoms with Crippen LogP contribution in [0.25, 0.3) is 11.1 Å². The number of esters is 1. The van der Waals surface area contributed by atoms with Crippen molar-refractivity contribution in [2.45, 2.75) is 70.9 Å². The van der Waals surface area contributed by atoms with Gasteiger partial charge in [-0.05, 0) is 67.3 Å². The Labute approximate surface area is 257 Å². The number of amides is 1. The first kappa shape index (κ1) is 32.6. The number of ether oxygens (including phenoxy) is 1. The van der Waals surface area contributed by atoms with Crippen LogP contribution in [0.4, 0.5) is 14.5 Å². The van der Waals surface area contributed by atoms with Crippen LogP contribution >= 0.6 is 0 Å². The molecule has 0 spiro atoms. The van der Waals surface area contributed by atoms with E-state index >= 15 is 0 Å². The summed E-state index contributed by atoms with van der Waals surface area (Å²) in [4.78, 5) is 33.2. The van der Waals surface area contributed by atoms with Crippen molar-refractivity contribution in [3.8, 4) is 17.2 Å². The second-order valence-corrected chi connectivity index (χ2v) is 12.9. The first-order valence-corrected chi connectivity index (χ1v) is 14.6. The van der Waals surface area contributed by atoms with Gasteiger partial charge in [-0.15, -0.1) is 0 Å². The van der Waals surface area contributed by atoms with Crippen molar-refractivity contribution in [3.05, 3.63) is 82.7 Å². The largest absolute Gasteiger partial charge is 0.454 e. The average molecular weight is 604 g/mol. The maximum atomic E-state index is 14.4. The lowest BCUT2D eigenvalue weighted by atomic mass is 9.84. The summed E-state index contributed by atoms with van der Waals surface area (Å²) in [7, 11) is 0. The topological polar surface area (TPSA) is 130 Å². The predicted octanol–water partition coefficient (Wildman–Crippen LogP) is 6.71. The molecule has 2 heterocycles. The van der Waals surface area contributed by atoms with E-state index in [-0.39, 0.29) is 46.5 Å². The molecule has 1 saturated carbocycles. The Kier molecular flexibility index (Phi) is 9.12. The molecule has 0 bridgehead atoms. The van der Waals surface area contributed by atoms with E-state index in [1.807, 2.05) is 57.7 Å². The van der Waals surface area contributed by atoms with Crippen LogP contribution in [0.1, 0.15) is 85.9 Å². The number of carbonyl (C=O) groups is 2. The van der Waals surface area contributed by atoms with E-state index in [1.165, 1.54) is 6.20 Å². The molecule has 1 amide bonds. The number of rotatable bonds is 7. The molecule has 1 aliphatic heterocycles. The van der Waals surface area contributed by atoms with Crippen molar-refractivity contribution < 1.29 is 23.1 Å². The molecule has 2 atom stereocenters. The third kappa shape index (κ3) is 6.73. The molecule has 1 aliphatic carbocycles. The molecule has 5 rings (SSSR count). The van der Waals surface area contributed by atoms with E-state index in [1.54, 1.807) is 12.1 Å². The minimum absolute atomic E-state index is 0. The van der Waals surface area contributed by atoms with Crippen LogP contribution in [0, 0.1) is 28.9 Å². The summed E-state index contributed by atoms with van der Waals surface area (Å²) in [6, 6.07) is 12.3. The van der Waals surface area contributed by atoms with E-state index in [4.69, 9.17) is 4.74 Å². The van der Waals surface area contributed by atoms with Crippen molar-refractivity contribution >= 4 is 17.6 Å². The van der Waals surface area contributed by atoms with Gasteiger partial charge < -0.3 is 21.1 Å². The van der Waals surface area contributed by atoms with E-state index < -0.39 is 29.1 Å². The molecule has 2 aliphatic rings. The van der Waals surface area contributed by atoms with Gasteiger partial charge in [0.25, 0.3) is 5.91 Å². The number of carbonyl (C=O) groups excluding carboxylic acids is 2. The smallest absolute Gasteiger partial charge is 0.339 e. The zero-order valence-corrected chi connectivity index (χ0v) is 25.8. The Balaban J connectivity index is 0.00000442. The molecular weight excluding hydrogens is 564 g/mol. The minimum atomic E-state index is -0.947. The fraction of sp³-hybridized carbons (Fsp3) is 0.412. The Morgan fingerprint density at radius 2 is 1.80 bits per heavy atom. The molecule has 8 nitrogen and oxygen atoms in total. The first-order chi connectivity index (χ1) is 20.3. The monoisotopic (exact) mass is 603 g/mol. The normalized spacial score (nSPS) is 18.6.